The van der Waals surface area contributed by atoms with Crippen LogP contribution in [0.1, 0.15) is 25.0 Å². The zero-order valence-corrected chi connectivity index (χ0v) is 8.48. The second kappa shape index (κ2) is 3.37. The third-order valence-electron chi connectivity index (χ3n) is 3.05. The SMILES string of the molecule is Cn1nccc1CCC1(O)CC(N)C1. The van der Waals surface area contributed by atoms with Gasteiger partial charge in [0, 0.05) is 25.0 Å². The Morgan fingerprint density at radius 1 is 1.71 bits per heavy atom. The smallest absolute Gasteiger partial charge is 0.0681 e. The topological polar surface area (TPSA) is 64.1 Å². The van der Waals surface area contributed by atoms with Gasteiger partial charge in [0.25, 0.3) is 0 Å². The molecule has 1 heterocycles. The van der Waals surface area contributed by atoms with E-state index in [1.54, 1.807) is 6.20 Å². The van der Waals surface area contributed by atoms with E-state index in [0.717, 1.165) is 25.7 Å². The van der Waals surface area contributed by atoms with Gasteiger partial charge in [0.2, 0.25) is 0 Å². The molecule has 1 aliphatic carbocycles. The van der Waals surface area contributed by atoms with E-state index >= 15 is 0 Å². The molecule has 1 aromatic rings. The molecule has 0 atom stereocenters. The lowest BCUT2D eigenvalue weighted by molar-refractivity contribution is -0.0529. The fourth-order valence-electron chi connectivity index (χ4n) is 2.13. The Hall–Kier alpha value is -0.870. The van der Waals surface area contributed by atoms with E-state index < -0.39 is 5.60 Å². The van der Waals surface area contributed by atoms with Crippen LogP contribution < -0.4 is 5.73 Å². The Morgan fingerprint density at radius 2 is 2.43 bits per heavy atom. The number of aliphatic hydroxyl groups is 1. The maximum Gasteiger partial charge on any atom is 0.0681 e. The molecular formula is C10H17N3O. The van der Waals surface area contributed by atoms with E-state index in [0.29, 0.717) is 0 Å². The first kappa shape index (κ1) is 9.68. The standard InChI is InChI=1S/C10H17N3O/c1-13-9(3-5-12-13)2-4-10(14)6-8(11)7-10/h3,5,8,14H,2,4,6-7,11H2,1H3. The van der Waals surface area contributed by atoms with Gasteiger partial charge in [-0.3, -0.25) is 4.68 Å². The first-order chi connectivity index (χ1) is 6.59. The molecule has 0 aliphatic heterocycles. The van der Waals surface area contributed by atoms with Crippen LogP contribution in [-0.4, -0.2) is 26.5 Å². The average Bonchev–Trinajstić information content (AvgIpc) is 2.45. The lowest BCUT2D eigenvalue weighted by atomic mass is 9.73. The lowest BCUT2D eigenvalue weighted by Gasteiger charge is -2.41. The van der Waals surface area contributed by atoms with Gasteiger partial charge in [-0.05, 0) is 31.7 Å². The minimum atomic E-state index is -0.510. The molecular weight excluding hydrogens is 178 g/mol. The van der Waals surface area contributed by atoms with Gasteiger partial charge in [0.15, 0.2) is 0 Å². The maximum absolute atomic E-state index is 9.96. The summed E-state index contributed by atoms with van der Waals surface area (Å²) in [6, 6.07) is 2.19. The van der Waals surface area contributed by atoms with Crippen molar-refractivity contribution in [2.45, 2.75) is 37.3 Å². The minimum Gasteiger partial charge on any atom is -0.390 e. The zero-order chi connectivity index (χ0) is 10.2. The monoisotopic (exact) mass is 195 g/mol. The molecule has 0 bridgehead atoms. The van der Waals surface area contributed by atoms with Gasteiger partial charge in [0.05, 0.1) is 5.60 Å². The van der Waals surface area contributed by atoms with Crippen LogP contribution >= 0.6 is 0 Å². The van der Waals surface area contributed by atoms with Gasteiger partial charge in [0.1, 0.15) is 0 Å². The number of nitrogens with two attached hydrogens (primary N) is 1. The summed E-state index contributed by atoms with van der Waals surface area (Å²) < 4.78 is 1.85. The van der Waals surface area contributed by atoms with Crippen molar-refractivity contribution in [2.75, 3.05) is 0 Å². The predicted molar refractivity (Wildman–Crippen MR) is 53.7 cm³/mol. The lowest BCUT2D eigenvalue weighted by Crippen LogP contribution is -2.51. The van der Waals surface area contributed by atoms with Crippen molar-refractivity contribution < 1.29 is 5.11 Å². The molecule has 1 aliphatic rings. The normalized spacial score (nSPS) is 31.5. The number of nitrogens with zero attached hydrogens (tertiary/aromatic N) is 2. The Labute approximate surface area is 83.7 Å². The van der Waals surface area contributed by atoms with Crippen molar-refractivity contribution in [1.82, 2.24) is 9.78 Å². The van der Waals surface area contributed by atoms with Crippen molar-refractivity contribution in [3.8, 4) is 0 Å². The van der Waals surface area contributed by atoms with Crippen molar-refractivity contribution in [3.05, 3.63) is 18.0 Å². The third kappa shape index (κ3) is 1.81. The first-order valence-corrected chi connectivity index (χ1v) is 5.04. The molecule has 1 fully saturated rings. The highest BCUT2D eigenvalue weighted by Gasteiger charge is 2.40. The Kier molecular flexibility index (Phi) is 2.33. The van der Waals surface area contributed by atoms with Gasteiger partial charge >= 0.3 is 0 Å². The molecule has 4 heteroatoms. The van der Waals surface area contributed by atoms with Crippen LogP contribution in [0.2, 0.25) is 0 Å². The summed E-state index contributed by atoms with van der Waals surface area (Å²) >= 11 is 0. The number of hydrogen-bond donors (Lipinski definition) is 2. The molecule has 14 heavy (non-hydrogen) atoms. The molecule has 0 amide bonds. The number of aromatic nitrogens is 2. The third-order valence-corrected chi connectivity index (χ3v) is 3.05. The van der Waals surface area contributed by atoms with Crippen molar-refractivity contribution in [1.29, 1.82) is 0 Å². The summed E-state index contributed by atoms with van der Waals surface area (Å²) in [4.78, 5) is 0. The summed E-state index contributed by atoms with van der Waals surface area (Å²) in [5, 5.41) is 14.0. The molecule has 0 spiro atoms. The number of aryl methyl sites for hydroxylation is 2. The van der Waals surface area contributed by atoms with Gasteiger partial charge < -0.3 is 10.8 Å². The number of rotatable bonds is 3. The summed E-state index contributed by atoms with van der Waals surface area (Å²) in [5.41, 5.74) is 6.31. The van der Waals surface area contributed by atoms with Crippen LogP contribution in [0.5, 0.6) is 0 Å². The van der Waals surface area contributed by atoms with Crippen LogP contribution in [0.15, 0.2) is 12.3 Å². The molecule has 3 N–H and O–H groups in total. The highest BCUT2D eigenvalue weighted by molar-refractivity contribution is 5.04. The summed E-state index contributed by atoms with van der Waals surface area (Å²) in [5.74, 6) is 0. The van der Waals surface area contributed by atoms with Crippen molar-refractivity contribution in [2.24, 2.45) is 12.8 Å². The summed E-state index contributed by atoms with van der Waals surface area (Å²) in [7, 11) is 1.92. The molecule has 0 saturated heterocycles. The fraction of sp³-hybridized carbons (Fsp3) is 0.700. The first-order valence-electron chi connectivity index (χ1n) is 5.04. The van der Waals surface area contributed by atoms with E-state index in [4.69, 9.17) is 5.73 Å². The minimum absolute atomic E-state index is 0.200. The van der Waals surface area contributed by atoms with Gasteiger partial charge in [-0.25, -0.2) is 0 Å². The molecule has 0 aromatic carbocycles. The second-order valence-electron chi connectivity index (χ2n) is 4.34. The van der Waals surface area contributed by atoms with E-state index in [1.807, 2.05) is 17.8 Å². The van der Waals surface area contributed by atoms with E-state index in [9.17, 15) is 5.11 Å². The summed E-state index contributed by atoms with van der Waals surface area (Å²) in [6.07, 6.45) is 4.93. The number of hydrogen-bond acceptors (Lipinski definition) is 3. The Balaban J connectivity index is 1.86. The molecule has 0 radical (unpaired) electrons. The van der Waals surface area contributed by atoms with Crippen LogP contribution in [0.3, 0.4) is 0 Å². The molecule has 1 aromatic heterocycles. The average molecular weight is 195 g/mol. The maximum atomic E-state index is 9.96. The van der Waals surface area contributed by atoms with Crippen LogP contribution in [0, 0.1) is 0 Å². The summed E-state index contributed by atoms with van der Waals surface area (Å²) in [6.45, 7) is 0. The van der Waals surface area contributed by atoms with Crippen LogP contribution in [-0.2, 0) is 13.5 Å². The van der Waals surface area contributed by atoms with E-state index in [2.05, 4.69) is 5.10 Å². The zero-order valence-electron chi connectivity index (χ0n) is 8.48. The van der Waals surface area contributed by atoms with Crippen LogP contribution in [0.4, 0.5) is 0 Å². The highest BCUT2D eigenvalue weighted by Crippen LogP contribution is 2.34. The molecule has 4 nitrogen and oxygen atoms in total. The quantitative estimate of drug-likeness (QED) is 0.724. The van der Waals surface area contributed by atoms with Crippen LogP contribution in [0.25, 0.3) is 0 Å². The van der Waals surface area contributed by atoms with E-state index in [1.165, 1.54) is 5.69 Å². The molecule has 2 rings (SSSR count). The molecule has 1 saturated carbocycles. The second-order valence-corrected chi connectivity index (χ2v) is 4.34. The fourth-order valence-corrected chi connectivity index (χ4v) is 2.13. The van der Waals surface area contributed by atoms with Gasteiger partial charge in [-0.15, -0.1) is 0 Å². The van der Waals surface area contributed by atoms with Gasteiger partial charge in [-0.1, -0.05) is 0 Å². The van der Waals surface area contributed by atoms with Gasteiger partial charge in [-0.2, -0.15) is 5.10 Å². The Morgan fingerprint density at radius 3 is 2.93 bits per heavy atom. The predicted octanol–water partition coefficient (Wildman–Crippen LogP) is 0.205. The highest BCUT2D eigenvalue weighted by atomic mass is 16.3. The van der Waals surface area contributed by atoms with Crippen molar-refractivity contribution in [3.63, 3.8) is 0 Å². The van der Waals surface area contributed by atoms with E-state index in [-0.39, 0.29) is 6.04 Å². The largest absolute Gasteiger partial charge is 0.390 e. The molecule has 0 unspecified atom stereocenters. The van der Waals surface area contributed by atoms with Crippen molar-refractivity contribution >= 4 is 0 Å². The molecule has 78 valence electrons. The Bertz CT molecular complexity index is 315.